The lowest BCUT2D eigenvalue weighted by Crippen LogP contribution is -2.10. The lowest BCUT2D eigenvalue weighted by atomic mass is 9.99. The molecule has 1 aromatic carbocycles. The molecule has 1 aromatic heterocycles. The molecule has 0 aliphatic carbocycles. The van der Waals surface area contributed by atoms with Gasteiger partial charge in [-0.3, -0.25) is 0 Å². The first-order valence-electron chi connectivity index (χ1n) is 6.02. The van der Waals surface area contributed by atoms with Crippen LogP contribution in [0.25, 0.3) is 0 Å². The van der Waals surface area contributed by atoms with Crippen LogP contribution in [0.3, 0.4) is 0 Å². The van der Waals surface area contributed by atoms with Gasteiger partial charge in [-0.05, 0) is 54.8 Å². The fourth-order valence-corrected chi connectivity index (χ4v) is 2.80. The van der Waals surface area contributed by atoms with E-state index in [2.05, 4.69) is 49.6 Å². The average Bonchev–Trinajstić information content (AvgIpc) is 2.74. The van der Waals surface area contributed by atoms with E-state index in [1.54, 1.807) is 11.3 Å². The molecule has 2 aromatic rings. The zero-order valence-electron chi connectivity index (χ0n) is 10.4. The Balaban J connectivity index is 1.97. The van der Waals surface area contributed by atoms with Crippen LogP contribution in [0.4, 0.5) is 0 Å². The monoisotopic (exact) mass is 245 g/mol. The smallest absolute Gasteiger partial charge is 0.0306 e. The minimum Gasteiger partial charge on any atom is -0.324 e. The third kappa shape index (κ3) is 3.18. The summed E-state index contributed by atoms with van der Waals surface area (Å²) in [5, 5.41) is 2.18. The van der Waals surface area contributed by atoms with Crippen molar-refractivity contribution in [3.05, 3.63) is 57.3 Å². The molecule has 2 N–H and O–H groups in total. The number of thiophene rings is 1. The highest BCUT2D eigenvalue weighted by molar-refractivity contribution is 7.10. The zero-order chi connectivity index (χ0) is 12.3. The van der Waals surface area contributed by atoms with Crippen molar-refractivity contribution in [2.24, 2.45) is 5.73 Å². The molecule has 2 heteroatoms. The fraction of sp³-hybridized carbons (Fsp3) is 0.333. The van der Waals surface area contributed by atoms with Gasteiger partial charge in [0.2, 0.25) is 0 Å². The van der Waals surface area contributed by atoms with E-state index in [1.165, 1.54) is 21.6 Å². The fourth-order valence-electron chi connectivity index (χ4n) is 2.03. The van der Waals surface area contributed by atoms with Crippen LogP contribution >= 0.6 is 11.3 Å². The predicted octanol–water partition coefficient (Wildman–Crippen LogP) is 4.00. The van der Waals surface area contributed by atoms with Crippen molar-refractivity contribution >= 4 is 11.3 Å². The quantitative estimate of drug-likeness (QED) is 0.865. The van der Waals surface area contributed by atoms with Crippen molar-refractivity contribution in [2.45, 2.75) is 32.7 Å². The van der Waals surface area contributed by atoms with Gasteiger partial charge in [0.1, 0.15) is 0 Å². The standard InChI is InChI=1S/C15H19NS/c1-11-5-3-4-6-13(11)7-8-15(16)14-9-12(2)17-10-14/h3-6,9-10,15H,7-8,16H2,1-2H3. The van der Waals surface area contributed by atoms with Crippen LogP contribution in [0.1, 0.15) is 34.0 Å². The Labute approximate surface area is 107 Å². The molecule has 0 bridgehead atoms. The second kappa shape index (κ2) is 5.48. The number of nitrogens with two attached hydrogens (primary N) is 1. The van der Waals surface area contributed by atoms with Gasteiger partial charge in [0.25, 0.3) is 0 Å². The first-order valence-corrected chi connectivity index (χ1v) is 6.90. The SMILES string of the molecule is Cc1cc(C(N)CCc2ccccc2C)cs1. The predicted molar refractivity (Wildman–Crippen MR) is 75.5 cm³/mol. The van der Waals surface area contributed by atoms with Crippen LogP contribution in [-0.2, 0) is 6.42 Å². The van der Waals surface area contributed by atoms with Gasteiger partial charge in [0, 0.05) is 10.9 Å². The van der Waals surface area contributed by atoms with Gasteiger partial charge in [0.15, 0.2) is 0 Å². The highest BCUT2D eigenvalue weighted by Gasteiger charge is 2.08. The molecule has 1 heterocycles. The lowest BCUT2D eigenvalue weighted by molar-refractivity contribution is 0.652. The molecule has 0 spiro atoms. The van der Waals surface area contributed by atoms with E-state index in [0.29, 0.717) is 0 Å². The van der Waals surface area contributed by atoms with Gasteiger partial charge in [-0.2, -0.15) is 0 Å². The van der Waals surface area contributed by atoms with E-state index in [4.69, 9.17) is 5.73 Å². The molecule has 0 aliphatic heterocycles. The van der Waals surface area contributed by atoms with Crippen LogP contribution in [0.2, 0.25) is 0 Å². The largest absolute Gasteiger partial charge is 0.324 e. The maximum absolute atomic E-state index is 6.21. The molecule has 90 valence electrons. The summed E-state index contributed by atoms with van der Waals surface area (Å²) in [6, 6.07) is 10.9. The summed E-state index contributed by atoms with van der Waals surface area (Å²) in [5.41, 5.74) is 10.3. The van der Waals surface area contributed by atoms with Crippen LogP contribution < -0.4 is 5.73 Å². The van der Waals surface area contributed by atoms with Crippen LogP contribution in [0, 0.1) is 13.8 Å². The second-order valence-corrected chi connectivity index (χ2v) is 5.68. The van der Waals surface area contributed by atoms with Crippen molar-refractivity contribution in [3.8, 4) is 0 Å². The number of hydrogen-bond acceptors (Lipinski definition) is 2. The maximum atomic E-state index is 6.21. The lowest BCUT2D eigenvalue weighted by Gasteiger charge is -2.11. The van der Waals surface area contributed by atoms with E-state index in [9.17, 15) is 0 Å². The number of rotatable bonds is 4. The van der Waals surface area contributed by atoms with Crippen LogP contribution in [-0.4, -0.2) is 0 Å². The molecule has 1 nitrogen and oxygen atoms in total. The molecule has 0 amide bonds. The van der Waals surface area contributed by atoms with E-state index in [1.807, 2.05) is 0 Å². The average molecular weight is 245 g/mol. The number of hydrogen-bond donors (Lipinski definition) is 1. The van der Waals surface area contributed by atoms with Crippen molar-refractivity contribution in [1.29, 1.82) is 0 Å². The molecular formula is C15H19NS. The highest BCUT2D eigenvalue weighted by atomic mass is 32.1. The van der Waals surface area contributed by atoms with E-state index in [0.717, 1.165) is 12.8 Å². The minimum absolute atomic E-state index is 0.166. The maximum Gasteiger partial charge on any atom is 0.0306 e. The zero-order valence-corrected chi connectivity index (χ0v) is 11.3. The summed E-state index contributed by atoms with van der Waals surface area (Å²) in [4.78, 5) is 1.34. The third-order valence-corrected chi connectivity index (χ3v) is 4.04. The molecule has 0 saturated carbocycles. The summed E-state index contributed by atoms with van der Waals surface area (Å²) in [5.74, 6) is 0. The van der Waals surface area contributed by atoms with Gasteiger partial charge >= 0.3 is 0 Å². The molecular weight excluding hydrogens is 226 g/mol. The van der Waals surface area contributed by atoms with Crippen LogP contribution in [0.15, 0.2) is 35.7 Å². The Kier molecular flexibility index (Phi) is 3.97. The normalized spacial score (nSPS) is 12.6. The van der Waals surface area contributed by atoms with Gasteiger partial charge in [-0.15, -0.1) is 11.3 Å². The molecule has 0 fully saturated rings. The topological polar surface area (TPSA) is 26.0 Å². The summed E-state index contributed by atoms with van der Waals surface area (Å²) in [6.07, 6.45) is 2.07. The first-order chi connectivity index (χ1) is 8.16. The van der Waals surface area contributed by atoms with Gasteiger partial charge in [-0.1, -0.05) is 24.3 Å². The van der Waals surface area contributed by atoms with E-state index < -0.39 is 0 Å². The van der Waals surface area contributed by atoms with Crippen molar-refractivity contribution in [1.82, 2.24) is 0 Å². The van der Waals surface area contributed by atoms with Gasteiger partial charge < -0.3 is 5.73 Å². The second-order valence-electron chi connectivity index (χ2n) is 4.56. The van der Waals surface area contributed by atoms with Crippen molar-refractivity contribution in [3.63, 3.8) is 0 Å². The number of aryl methyl sites for hydroxylation is 3. The Morgan fingerprint density at radius 3 is 2.65 bits per heavy atom. The third-order valence-electron chi connectivity index (χ3n) is 3.16. The molecule has 2 rings (SSSR count). The Hall–Kier alpha value is -1.12. The summed E-state index contributed by atoms with van der Waals surface area (Å²) >= 11 is 1.78. The van der Waals surface area contributed by atoms with Gasteiger partial charge in [0.05, 0.1) is 0 Å². The van der Waals surface area contributed by atoms with E-state index >= 15 is 0 Å². The molecule has 0 saturated heterocycles. The molecule has 0 radical (unpaired) electrons. The summed E-state index contributed by atoms with van der Waals surface area (Å²) in [7, 11) is 0. The van der Waals surface area contributed by atoms with Crippen LogP contribution in [0.5, 0.6) is 0 Å². The summed E-state index contributed by atoms with van der Waals surface area (Å²) < 4.78 is 0. The Morgan fingerprint density at radius 2 is 2.00 bits per heavy atom. The molecule has 1 atom stereocenters. The molecule has 1 unspecified atom stereocenters. The number of benzene rings is 1. The molecule has 17 heavy (non-hydrogen) atoms. The van der Waals surface area contributed by atoms with E-state index in [-0.39, 0.29) is 6.04 Å². The van der Waals surface area contributed by atoms with Crippen molar-refractivity contribution < 1.29 is 0 Å². The van der Waals surface area contributed by atoms with Crippen molar-refractivity contribution in [2.75, 3.05) is 0 Å². The summed E-state index contributed by atoms with van der Waals surface area (Å²) in [6.45, 7) is 4.29. The molecule has 0 aliphatic rings. The first kappa shape index (κ1) is 12.3. The minimum atomic E-state index is 0.166. The Bertz CT molecular complexity index is 487. The van der Waals surface area contributed by atoms with Gasteiger partial charge in [-0.25, -0.2) is 0 Å². The highest BCUT2D eigenvalue weighted by Crippen LogP contribution is 2.22. The Morgan fingerprint density at radius 1 is 1.24 bits per heavy atom.